The fourth-order valence-electron chi connectivity index (χ4n) is 2.93. The standard InChI is InChI=1S/C16H20BrN5O3S/c1-10-13(9-18-21(10)2)14-8-15(22(3)26(24,25)20-14)16(23)19-12-6-4-11(17)5-7-12/h4-7,9,14-15,20H,8H2,1-3H3,(H,19,23). The Labute approximate surface area is 160 Å². The summed E-state index contributed by atoms with van der Waals surface area (Å²) >= 11 is 3.34. The number of benzene rings is 1. The van der Waals surface area contributed by atoms with Crippen molar-refractivity contribution >= 4 is 37.7 Å². The van der Waals surface area contributed by atoms with Gasteiger partial charge in [-0.15, -0.1) is 0 Å². The van der Waals surface area contributed by atoms with E-state index in [0.29, 0.717) is 12.1 Å². The van der Waals surface area contributed by atoms with Crippen LogP contribution in [0.3, 0.4) is 0 Å². The number of halogens is 1. The Morgan fingerprint density at radius 1 is 1.31 bits per heavy atom. The van der Waals surface area contributed by atoms with Crippen LogP contribution < -0.4 is 10.0 Å². The molecule has 0 aliphatic carbocycles. The first-order chi connectivity index (χ1) is 12.2. The van der Waals surface area contributed by atoms with Crippen molar-refractivity contribution in [3.63, 3.8) is 0 Å². The summed E-state index contributed by atoms with van der Waals surface area (Å²) in [5.74, 6) is -0.369. The molecule has 1 fully saturated rings. The van der Waals surface area contributed by atoms with Gasteiger partial charge in [-0.1, -0.05) is 15.9 Å². The Hall–Kier alpha value is -1.75. The molecule has 1 aromatic heterocycles. The number of hydrogen-bond donors (Lipinski definition) is 2. The highest BCUT2D eigenvalue weighted by atomic mass is 79.9. The Bertz CT molecular complexity index is 926. The molecule has 2 heterocycles. The van der Waals surface area contributed by atoms with Gasteiger partial charge < -0.3 is 5.32 Å². The Morgan fingerprint density at radius 2 is 1.96 bits per heavy atom. The van der Waals surface area contributed by atoms with E-state index in [4.69, 9.17) is 0 Å². The predicted octanol–water partition coefficient (Wildman–Crippen LogP) is 1.71. The van der Waals surface area contributed by atoms with E-state index in [1.54, 1.807) is 42.2 Å². The summed E-state index contributed by atoms with van der Waals surface area (Å²) in [6.07, 6.45) is 1.95. The third kappa shape index (κ3) is 3.68. The maximum atomic E-state index is 12.7. The van der Waals surface area contributed by atoms with Crippen LogP contribution in [0.25, 0.3) is 0 Å². The molecule has 10 heteroatoms. The molecule has 1 amide bonds. The molecule has 0 saturated carbocycles. The molecule has 1 aliphatic heterocycles. The topological polar surface area (TPSA) is 96.3 Å². The van der Waals surface area contributed by atoms with Crippen molar-refractivity contribution in [3.05, 3.63) is 46.2 Å². The van der Waals surface area contributed by atoms with E-state index < -0.39 is 22.3 Å². The third-order valence-corrected chi connectivity index (χ3v) is 6.76. The van der Waals surface area contributed by atoms with Gasteiger partial charge in [0.2, 0.25) is 5.91 Å². The number of nitrogens with zero attached hydrogens (tertiary/aromatic N) is 3. The van der Waals surface area contributed by atoms with Crippen LogP contribution in [0.4, 0.5) is 5.69 Å². The van der Waals surface area contributed by atoms with E-state index in [2.05, 4.69) is 31.1 Å². The van der Waals surface area contributed by atoms with Crippen LogP contribution in [0, 0.1) is 6.92 Å². The molecule has 0 bridgehead atoms. The van der Waals surface area contributed by atoms with E-state index in [-0.39, 0.29) is 5.91 Å². The van der Waals surface area contributed by atoms with E-state index in [9.17, 15) is 13.2 Å². The van der Waals surface area contributed by atoms with Crippen LogP contribution in [-0.4, -0.2) is 41.5 Å². The number of aromatic nitrogens is 2. The summed E-state index contributed by atoms with van der Waals surface area (Å²) in [4.78, 5) is 12.7. The molecular weight excluding hydrogens is 422 g/mol. The fourth-order valence-corrected chi connectivity index (χ4v) is 4.46. The molecule has 2 atom stereocenters. The van der Waals surface area contributed by atoms with E-state index in [1.165, 1.54) is 7.05 Å². The van der Waals surface area contributed by atoms with Gasteiger partial charge in [-0.05, 0) is 37.6 Å². The molecule has 2 aromatic rings. The lowest BCUT2D eigenvalue weighted by molar-refractivity contribution is -0.120. The molecule has 2 N–H and O–H groups in total. The van der Waals surface area contributed by atoms with Crippen molar-refractivity contribution in [2.45, 2.75) is 25.4 Å². The van der Waals surface area contributed by atoms with Crippen molar-refractivity contribution in [2.75, 3.05) is 12.4 Å². The van der Waals surface area contributed by atoms with E-state index in [1.807, 2.05) is 6.92 Å². The van der Waals surface area contributed by atoms with Gasteiger partial charge in [0.15, 0.2) is 0 Å². The number of nitrogens with one attached hydrogen (secondary N) is 2. The molecule has 2 unspecified atom stereocenters. The van der Waals surface area contributed by atoms with Crippen molar-refractivity contribution in [2.24, 2.45) is 7.05 Å². The summed E-state index contributed by atoms with van der Waals surface area (Å²) in [5, 5.41) is 6.95. The first-order valence-corrected chi connectivity index (χ1v) is 10.2. The number of hydrogen-bond acceptors (Lipinski definition) is 4. The Balaban J connectivity index is 1.85. The summed E-state index contributed by atoms with van der Waals surface area (Å²) < 4.78 is 31.3. The van der Waals surface area contributed by atoms with Crippen LogP contribution in [-0.2, 0) is 22.1 Å². The number of rotatable bonds is 3. The minimum Gasteiger partial charge on any atom is -0.325 e. The molecular formula is C16H20BrN5O3S. The van der Waals surface area contributed by atoms with Crippen LogP contribution in [0.1, 0.15) is 23.7 Å². The molecule has 26 heavy (non-hydrogen) atoms. The van der Waals surface area contributed by atoms with Crippen LogP contribution >= 0.6 is 15.9 Å². The van der Waals surface area contributed by atoms with Gasteiger partial charge in [0.1, 0.15) is 6.04 Å². The van der Waals surface area contributed by atoms with Crippen molar-refractivity contribution in [3.8, 4) is 0 Å². The lowest BCUT2D eigenvalue weighted by Gasteiger charge is -2.36. The highest BCUT2D eigenvalue weighted by Gasteiger charge is 2.41. The van der Waals surface area contributed by atoms with E-state index >= 15 is 0 Å². The Kier molecular flexibility index (Phi) is 5.20. The predicted molar refractivity (Wildman–Crippen MR) is 102 cm³/mol. The van der Waals surface area contributed by atoms with E-state index in [0.717, 1.165) is 20.0 Å². The normalized spacial score (nSPS) is 22.9. The number of aryl methyl sites for hydroxylation is 1. The summed E-state index contributed by atoms with van der Waals surface area (Å²) in [6.45, 7) is 1.87. The minimum atomic E-state index is -3.78. The van der Waals surface area contributed by atoms with Gasteiger partial charge in [-0.2, -0.15) is 22.5 Å². The SMILES string of the molecule is Cc1c(C2CC(C(=O)Nc3ccc(Br)cc3)N(C)S(=O)(=O)N2)cnn1C. The zero-order chi connectivity index (χ0) is 19.1. The number of likely N-dealkylation sites (N-methyl/N-ethyl adjacent to an activating group) is 1. The molecule has 8 nitrogen and oxygen atoms in total. The van der Waals surface area contributed by atoms with Gasteiger partial charge in [0.05, 0.1) is 12.2 Å². The number of carbonyl (C=O) groups is 1. The van der Waals surface area contributed by atoms with Crippen molar-refractivity contribution < 1.29 is 13.2 Å². The second kappa shape index (κ2) is 7.10. The average molecular weight is 442 g/mol. The Morgan fingerprint density at radius 3 is 2.54 bits per heavy atom. The first kappa shape index (κ1) is 19.0. The molecule has 0 spiro atoms. The van der Waals surface area contributed by atoms with Gasteiger partial charge in [0, 0.05) is 35.5 Å². The summed E-state index contributed by atoms with van der Waals surface area (Å²) in [6, 6.07) is 5.78. The zero-order valence-corrected chi connectivity index (χ0v) is 17.0. The van der Waals surface area contributed by atoms with Crippen molar-refractivity contribution in [1.82, 2.24) is 18.8 Å². The number of amides is 1. The largest absolute Gasteiger partial charge is 0.325 e. The third-order valence-electron chi connectivity index (χ3n) is 4.63. The molecule has 1 aromatic carbocycles. The second-order valence-corrected chi connectivity index (χ2v) is 8.93. The average Bonchev–Trinajstić information content (AvgIpc) is 2.91. The van der Waals surface area contributed by atoms with Crippen molar-refractivity contribution in [1.29, 1.82) is 0 Å². The summed E-state index contributed by atoms with van der Waals surface area (Å²) in [5.41, 5.74) is 2.23. The van der Waals surface area contributed by atoms with Crippen LogP contribution in [0.2, 0.25) is 0 Å². The molecule has 1 saturated heterocycles. The second-order valence-electron chi connectivity index (χ2n) is 6.25. The van der Waals surface area contributed by atoms with Crippen LogP contribution in [0.5, 0.6) is 0 Å². The number of carbonyl (C=O) groups excluding carboxylic acids is 1. The van der Waals surface area contributed by atoms with Gasteiger partial charge in [0.25, 0.3) is 10.2 Å². The first-order valence-electron chi connectivity index (χ1n) is 7.99. The molecule has 140 valence electrons. The fraction of sp³-hybridized carbons (Fsp3) is 0.375. The van der Waals surface area contributed by atoms with Crippen LogP contribution in [0.15, 0.2) is 34.9 Å². The van der Waals surface area contributed by atoms with Gasteiger partial charge in [-0.25, -0.2) is 0 Å². The number of anilines is 1. The maximum absolute atomic E-state index is 12.7. The van der Waals surface area contributed by atoms with Gasteiger partial charge >= 0.3 is 0 Å². The summed E-state index contributed by atoms with van der Waals surface area (Å²) in [7, 11) is -0.587. The highest BCUT2D eigenvalue weighted by molar-refractivity contribution is 9.10. The zero-order valence-electron chi connectivity index (χ0n) is 14.6. The molecule has 1 aliphatic rings. The highest BCUT2D eigenvalue weighted by Crippen LogP contribution is 2.30. The quantitative estimate of drug-likeness (QED) is 0.757. The lowest BCUT2D eigenvalue weighted by Crippen LogP contribution is -2.56. The maximum Gasteiger partial charge on any atom is 0.280 e. The molecule has 3 rings (SSSR count). The molecule has 0 radical (unpaired) electrons. The lowest BCUT2D eigenvalue weighted by atomic mass is 10.00. The monoisotopic (exact) mass is 441 g/mol. The van der Waals surface area contributed by atoms with Gasteiger partial charge in [-0.3, -0.25) is 9.48 Å². The smallest absolute Gasteiger partial charge is 0.280 e. The minimum absolute atomic E-state index is 0.310.